The van der Waals surface area contributed by atoms with Crippen molar-refractivity contribution in [2.24, 2.45) is 5.16 Å². The molecule has 2 aromatic heterocycles. The number of nitrogens with zero attached hydrogens (tertiary/aromatic N) is 4. The number of carbonyl (C=O) groups is 4. The number of nitrogens with one attached hydrogen (secondary N) is 1. The first kappa shape index (κ1) is 25.0. The van der Waals surface area contributed by atoms with Crippen LogP contribution in [0.25, 0.3) is 0 Å². The summed E-state index contributed by atoms with van der Waals surface area (Å²) in [5.74, 6) is -2.84. The SMILES string of the molecule is COC(=O)c1ncsc1SCC1=C(C(=O)O)N2C(=O)C(NC(=O)/C(=N\O)c3csc(N)n3)[C@@H]2SC1. The third-order valence-electron chi connectivity index (χ3n) is 4.91. The summed E-state index contributed by atoms with van der Waals surface area (Å²) in [5, 5.41) is 25.5. The minimum atomic E-state index is -1.28. The summed E-state index contributed by atoms with van der Waals surface area (Å²) in [5.41, 5.74) is 7.14. The minimum Gasteiger partial charge on any atom is -0.477 e. The third kappa shape index (κ3) is 4.71. The fourth-order valence-electron chi connectivity index (χ4n) is 3.34. The molecule has 2 aromatic rings. The molecule has 0 saturated carbocycles. The Morgan fingerprint density at radius 2 is 2.17 bits per heavy atom. The number of ether oxygens (including phenoxy) is 1. The highest BCUT2D eigenvalue weighted by Crippen LogP contribution is 2.42. The summed E-state index contributed by atoms with van der Waals surface area (Å²) in [6.07, 6.45) is 0. The normalized spacial score (nSPS) is 19.7. The van der Waals surface area contributed by atoms with Gasteiger partial charge in [-0.2, -0.15) is 0 Å². The average molecular weight is 557 g/mol. The first-order chi connectivity index (χ1) is 16.8. The molecular weight excluding hydrogens is 541 g/mol. The predicted molar refractivity (Wildman–Crippen MR) is 129 cm³/mol. The van der Waals surface area contributed by atoms with Crippen molar-refractivity contribution in [3.8, 4) is 0 Å². The van der Waals surface area contributed by atoms with Gasteiger partial charge < -0.3 is 26.1 Å². The molecule has 1 unspecified atom stereocenters. The Hall–Kier alpha value is -3.15. The molecule has 35 heavy (non-hydrogen) atoms. The van der Waals surface area contributed by atoms with Gasteiger partial charge in [-0.25, -0.2) is 19.6 Å². The molecule has 2 atom stereocenters. The number of oxime groups is 1. The predicted octanol–water partition coefficient (Wildman–Crippen LogP) is 0.678. The van der Waals surface area contributed by atoms with E-state index in [9.17, 15) is 29.5 Å². The second-order valence-corrected chi connectivity index (χ2v) is 11.0. The minimum absolute atomic E-state index is 0.0484. The number of aliphatic carboxylic acids is 1. The van der Waals surface area contributed by atoms with Gasteiger partial charge in [0.05, 0.1) is 16.8 Å². The van der Waals surface area contributed by atoms with Crippen LogP contribution < -0.4 is 11.1 Å². The van der Waals surface area contributed by atoms with Crippen LogP contribution in [0.15, 0.2) is 31.5 Å². The van der Waals surface area contributed by atoms with Gasteiger partial charge in [0.2, 0.25) is 0 Å². The maximum atomic E-state index is 12.8. The number of β-lactam (4-membered cyclic amide) rings is 1. The molecule has 13 nitrogen and oxygen atoms in total. The lowest BCUT2D eigenvalue weighted by atomic mass is 10.0. The van der Waals surface area contributed by atoms with Gasteiger partial charge in [0.25, 0.3) is 11.8 Å². The molecule has 0 aliphatic carbocycles. The van der Waals surface area contributed by atoms with Crippen LogP contribution in [0.3, 0.4) is 0 Å². The Bertz CT molecular complexity index is 1270. The zero-order chi connectivity index (χ0) is 25.3. The van der Waals surface area contributed by atoms with Crippen LogP contribution in [0.5, 0.6) is 0 Å². The Morgan fingerprint density at radius 3 is 2.80 bits per heavy atom. The number of rotatable bonds is 8. The monoisotopic (exact) mass is 556 g/mol. The smallest absolute Gasteiger partial charge is 0.358 e. The van der Waals surface area contributed by atoms with Crippen molar-refractivity contribution in [2.75, 3.05) is 24.3 Å². The number of carbonyl (C=O) groups excluding carboxylic acids is 3. The number of carboxylic acids is 1. The summed E-state index contributed by atoms with van der Waals surface area (Å²) >= 11 is 4.78. The fraction of sp³-hybridized carbons (Fsp3) is 0.278. The van der Waals surface area contributed by atoms with Gasteiger partial charge in [0, 0.05) is 16.9 Å². The second-order valence-electron chi connectivity index (χ2n) is 6.91. The Kier molecular flexibility index (Phi) is 7.29. The molecule has 2 aliphatic rings. The van der Waals surface area contributed by atoms with Gasteiger partial charge in [0.1, 0.15) is 22.8 Å². The number of nitrogens with two attached hydrogens (primary N) is 1. The number of carboxylic acid groups (broad SMARTS) is 1. The van der Waals surface area contributed by atoms with E-state index in [4.69, 9.17) is 10.5 Å². The second kappa shape index (κ2) is 10.2. The molecule has 184 valence electrons. The number of hydrogen-bond acceptors (Lipinski definition) is 14. The van der Waals surface area contributed by atoms with Gasteiger partial charge in [-0.05, 0) is 5.57 Å². The van der Waals surface area contributed by atoms with Gasteiger partial charge in [0.15, 0.2) is 16.5 Å². The molecule has 1 saturated heterocycles. The lowest BCUT2D eigenvalue weighted by Gasteiger charge is -2.49. The number of amides is 2. The van der Waals surface area contributed by atoms with E-state index in [-0.39, 0.29) is 33.7 Å². The summed E-state index contributed by atoms with van der Waals surface area (Å²) in [4.78, 5) is 58.3. The number of hydrogen-bond donors (Lipinski definition) is 4. The van der Waals surface area contributed by atoms with Crippen LogP contribution in [0, 0.1) is 0 Å². The van der Waals surface area contributed by atoms with Crippen LogP contribution in [0.1, 0.15) is 16.2 Å². The van der Waals surface area contributed by atoms with Crippen molar-refractivity contribution in [1.29, 1.82) is 0 Å². The van der Waals surface area contributed by atoms with Gasteiger partial charge in [-0.1, -0.05) is 5.16 Å². The van der Waals surface area contributed by atoms with E-state index in [1.807, 2.05) is 0 Å². The van der Waals surface area contributed by atoms with Crippen molar-refractivity contribution in [3.63, 3.8) is 0 Å². The van der Waals surface area contributed by atoms with E-state index in [0.29, 0.717) is 9.78 Å². The maximum absolute atomic E-state index is 12.8. The van der Waals surface area contributed by atoms with Gasteiger partial charge >= 0.3 is 11.9 Å². The van der Waals surface area contributed by atoms with E-state index in [0.717, 1.165) is 16.2 Å². The van der Waals surface area contributed by atoms with Crippen molar-refractivity contribution in [3.05, 3.63) is 33.5 Å². The molecule has 0 spiro atoms. The molecule has 2 aliphatic heterocycles. The van der Waals surface area contributed by atoms with Crippen LogP contribution in [0.2, 0.25) is 0 Å². The van der Waals surface area contributed by atoms with Crippen LogP contribution >= 0.6 is 46.2 Å². The number of aromatic nitrogens is 2. The summed E-state index contributed by atoms with van der Waals surface area (Å²) < 4.78 is 5.27. The summed E-state index contributed by atoms with van der Waals surface area (Å²) in [6.45, 7) is 0. The lowest BCUT2D eigenvalue weighted by Crippen LogP contribution is -2.71. The number of esters is 1. The third-order valence-corrected chi connectivity index (χ3v) is 9.13. The first-order valence-electron chi connectivity index (χ1n) is 9.55. The molecular formula is C18H16N6O7S4. The molecule has 4 rings (SSSR count). The summed E-state index contributed by atoms with van der Waals surface area (Å²) in [7, 11) is 1.24. The maximum Gasteiger partial charge on any atom is 0.358 e. The average Bonchev–Trinajstić information content (AvgIpc) is 3.49. The Morgan fingerprint density at radius 1 is 1.40 bits per heavy atom. The topological polar surface area (TPSA) is 197 Å². The Balaban J connectivity index is 1.48. The number of thioether (sulfide) groups is 2. The van der Waals surface area contributed by atoms with Crippen LogP contribution in [0.4, 0.5) is 5.13 Å². The molecule has 0 radical (unpaired) electrons. The van der Waals surface area contributed by atoms with E-state index in [2.05, 4.69) is 20.4 Å². The van der Waals surface area contributed by atoms with Gasteiger partial charge in [-0.15, -0.1) is 46.2 Å². The Labute approximate surface area is 213 Å². The highest BCUT2D eigenvalue weighted by atomic mass is 32.2. The van der Waals surface area contributed by atoms with Crippen molar-refractivity contribution in [1.82, 2.24) is 20.2 Å². The molecule has 2 amide bonds. The molecule has 0 aromatic carbocycles. The van der Waals surface area contributed by atoms with Crippen LogP contribution in [-0.2, 0) is 19.1 Å². The molecule has 5 N–H and O–H groups in total. The quantitative estimate of drug-likeness (QED) is 0.0887. The number of nitrogen functional groups attached to an aromatic ring is 1. The number of thiazole rings is 2. The van der Waals surface area contributed by atoms with Crippen LogP contribution in [-0.4, -0.2) is 84.7 Å². The fourth-order valence-corrected chi connectivity index (χ4v) is 7.26. The van der Waals surface area contributed by atoms with E-state index in [1.165, 1.54) is 52.9 Å². The molecule has 0 bridgehead atoms. The summed E-state index contributed by atoms with van der Waals surface area (Å²) in [6, 6.07) is -1.02. The molecule has 4 heterocycles. The van der Waals surface area contributed by atoms with E-state index < -0.39 is 40.9 Å². The highest BCUT2D eigenvalue weighted by molar-refractivity contribution is 8.02. The van der Waals surface area contributed by atoms with Crippen molar-refractivity contribution < 1.29 is 34.2 Å². The highest BCUT2D eigenvalue weighted by Gasteiger charge is 2.54. The standard InChI is InChI=1S/C18H16N6O7S4/c1-31-16(29)10-17(35-5-20-10)33-3-6-2-32-14-9(13(26)24(14)11(6)15(27)28)22-12(25)8(23-30)7-4-34-18(19)21-7/h4-5,9,14,30H,2-3H2,1H3,(H2,19,21)(H,22,25)(H,27,28)/b23-8-/t9?,14-/m0/s1. The van der Waals surface area contributed by atoms with Crippen molar-refractivity contribution >= 4 is 80.8 Å². The largest absolute Gasteiger partial charge is 0.477 e. The molecule has 17 heteroatoms. The molecule has 1 fully saturated rings. The van der Waals surface area contributed by atoms with E-state index in [1.54, 1.807) is 0 Å². The van der Waals surface area contributed by atoms with Gasteiger partial charge in [-0.3, -0.25) is 14.5 Å². The number of anilines is 1. The zero-order valence-corrected chi connectivity index (χ0v) is 20.9. The number of methoxy groups -OCH3 is 1. The van der Waals surface area contributed by atoms with Crippen molar-refractivity contribution in [2.45, 2.75) is 15.6 Å². The zero-order valence-electron chi connectivity index (χ0n) is 17.7. The van der Waals surface area contributed by atoms with E-state index >= 15 is 0 Å². The first-order valence-corrected chi connectivity index (χ1v) is 13.3. The number of fused-ring (bicyclic) bond motifs is 1. The lowest BCUT2D eigenvalue weighted by molar-refractivity contribution is -0.150.